The van der Waals surface area contributed by atoms with Crippen molar-refractivity contribution in [1.29, 1.82) is 0 Å². The van der Waals surface area contributed by atoms with Crippen LogP contribution in [0.15, 0.2) is 52.9 Å². The molecule has 146 valence electrons. The van der Waals surface area contributed by atoms with E-state index < -0.39 is 18.0 Å². The summed E-state index contributed by atoms with van der Waals surface area (Å²) in [5.74, 6) is -0.782. The number of carbonyl (C=O) groups is 1. The number of rotatable bonds is 6. The molecule has 0 saturated heterocycles. The van der Waals surface area contributed by atoms with Gasteiger partial charge in [0.05, 0.1) is 0 Å². The Kier molecular flexibility index (Phi) is 5.62. The van der Waals surface area contributed by atoms with E-state index in [1.165, 1.54) is 17.7 Å². The largest absolute Gasteiger partial charge is 0.573 e. The number of anilines is 1. The molecule has 0 unspecified atom stereocenters. The van der Waals surface area contributed by atoms with E-state index in [1.54, 1.807) is 0 Å². The highest BCUT2D eigenvalue weighted by molar-refractivity contribution is 6.03. The lowest BCUT2D eigenvalue weighted by atomic mass is 10.1. The van der Waals surface area contributed by atoms with Crippen molar-refractivity contribution in [3.05, 3.63) is 59.7 Å². The summed E-state index contributed by atoms with van der Waals surface area (Å²) >= 11 is 0. The van der Waals surface area contributed by atoms with Crippen LogP contribution in [0.2, 0.25) is 0 Å². The molecule has 0 aliphatic rings. The zero-order chi connectivity index (χ0) is 20.1. The first-order valence-corrected chi connectivity index (χ1v) is 8.44. The lowest BCUT2D eigenvalue weighted by molar-refractivity contribution is -0.274. The minimum Gasteiger partial charge on any atom is -0.406 e. The summed E-state index contributed by atoms with van der Waals surface area (Å²) in [7, 11) is 0. The summed E-state index contributed by atoms with van der Waals surface area (Å²) < 4.78 is 45.7. The summed E-state index contributed by atoms with van der Waals surface area (Å²) in [5.41, 5.74) is 2.01. The van der Waals surface area contributed by atoms with Crippen molar-refractivity contribution in [2.75, 3.05) is 5.32 Å². The van der Waals surface area contributed by atoms with E-state index in [0.717, 1.165) is 25.0 Å². The average molecular weight is 391 g/mol. The van der Waals surface area contributed by atoms with Crippen LogP contribution < -0.4 is 10.1 Å². The molecule has 3 rings (SSSR count). The van der Waals surface area contributed by atoms with E-state index in [4.69, 9.17) is 4.42 Å². The van der Waals surface area contributed by atoms with Crippen LogP contribution in [0.5, 0.6) is 5.75 Å². The second kappa shape index (κ2) is 8.12. The van der Waals surface area contributed by atoms with Gasteiger partial charge in [-0.15, -0.1) is 18.3 Å². The lowest BCUT2D eigenvalue weighted by Gasteiger charge is -2.08. The van der Waals surface area contributed by atoms with Crippen molar-refractivity contribution in [2.45, 2.75) is 26.1 Å². The molecule has 28 heavy (non-hydrogen) atoms. The average Bonchev–Trinajstić information content (AvgIpc) is 3.10. The Hall–Kier alpha value is -3.36. The maximum Gasteiger partial charge on any atom is 0.573 e. The van der Waals surface area contributed by atoms with Gasteiger partial charge in [0, 0.05) is 11.1 Å². The van der Waals surface area contributed by atoms with Crippen molar-refractivity contribution in [3.63, 3.8) is 0 Å². The molecule has 0 radical (unpaired) electrons. The molecule has 0 bridgehead atoms. The van der Waals surface area contributed by atoms with Gasteiger partial charge in [0.2, 0.25) is 5.89 Å². The summed E-state index contributed by atoms with van der Waals surface area (Å²) in [6.07, 6.45) is -2.78. The highest BCUT2D eigenvalue weighted by Gasteiger charge is 2.31. The minimum atomic E-state index is -4.79. The van der Waals surface area contributed by atoms with Gasteiger partial charge in [-0.1, -0.05) is 30.6 Å². The highest BCUT2D eigenvalue weighted by Crippen LogP contribution is 2.24. The summed E-state index contributed by atoms with van der Waals surface area (Å²) in [4.78, 5) is 12.2. The number of alkyl halides is 3. The monoisotopic (exact) mass is 391 g/mol. The molecule has 0 saturated carbocycles. The van der Waals surface area contributed by atoms with Crippen molar-refractivity contribution < 1.29 is 27.1 Å². The van der Waals surface area contributed by atoms with Gasteiger partial charge in [-0.2, -0.15) is 0 Å². The first-order chi connectivity index (χ1) is 13.3. The van der Waals surface area contributed by atoms with Gasteiger partial charge in [-0.25, -0.2) is 0 Å². The van der Waals surface area contributed by atoms with E-state index in [1.807, 2.05) is 24.3 Å². The molecule has 0 atom stereocenters. The molecule has 6 nitrogen and oxygen atoms in total. The number of aryl methyl sites for hydroxylation is 1. The summed E-state index contributed by atoms with van der Waals surface area (Å²) in [6, 6.07) is 12.0. The molecule has 2 aromatic carbocycles. The van der Waals surface area contributed by atoms with Gasteiger partial charge >= 0.3 is 12.4 Å². The molecular formula is C19H16F3N3O3. The molecule has 1 aromatic heterocycles. The quantitative estimate of drug-likeness (QED) is 0.651. The number of hydrogen-bond acceptors (Lipinski definition) is 5. The highest BCUT2D eigenvalue weighted by atomic mass is 19.4. The van der Waals surface area contributed by atoms with Gasteiger partial charge in [-0.3, -0.25) is 10.1 Å². The molecule has 0 aliphatic heterocycles. The predicted molar refractivity (Wildman–Crippen MR) is 94.8 cm³/mol. The molecular weight excluding hydrogens is 375 g/mol. The fraction of sp³-hybridized carbons (Fsp3) is 0.211. The van der Waals surface area contributed by atoms with Crippen LogP contribution in [0.1, 0.15) is 29.3 Å². The molecule has 3 aromatic rings. The molecule has 0 fully saturated rings. The number of amides is 1. The lowest BCUT2D eigenvalue weighted by Crippen LogP contribution is -2.17. The van der Waals surface area contributed by atoms with Crippen molar-refractivity contribution in [3.8, 4) is 17.2 Å². The van der Waals surface area contributed by atoms with Crippen molar-refractivity contribution in [1.82, 2.24) is 10.2 Å². The summed E-state index contributed by atoms with van der Waals surface area (Å²) in [5, 5.41) is 10.1. The zero-order valence-electron chi connectivity index (χ0n) is 14.8. The van der Waals surface area contributed by atoms with Gasteiger partial charge in [0.1, 0.15) is 5.75 Å². The molecule has 9 heteroatoms. The first-order valence-electron chi connectivity index (χ1n) is 8.44. The van der Waals surface area contributed by atoms with Crippen LogP contribution in [0, 0.1) is 0 Å². The second-order valence-electron chi connectivity index (χ2n) is 5.89. The smallest absolute Gasteiger partial charge is 0.406 e. The molecule has 1 N–H and O–H groups in total. The Morgan fingerprint density at radius 1 is 1.07 bits per heavy atom. The number of hydrogen-bond donors (Lipinski definition) is 1. The van der Waals surface area contributed by atoms with Crippen LogP contribution in [0.25, 0.3) is 11.5 Å². The van der Waals surface area contributed by atoms with Crippen molar-refractivity contribution >= 4 is 11.9 Å². The van der Waals surface area contributed by atoms with Crippen LogP contribution in [0.3, 0.4) is 0 Å². The topological polar surface area (TPSA) is 77.2 Å². The van der Waals surface area contributed by atoms with E-state index in [0.29, 0.717) is 5.56 Å². The minimum absolute atomic E-state index is 0.109. The fourth-order valence-corrected chi connectivity index (χ4v) is 2.47. The SMILES string of the molecule is CCCc1ccc(-c2nnc(NC(=O)c3ccc(OC(F)(F)F)cc3)o2)cc1. The van der Waals surface area contributed by atoms with Crippen LogP contribution in [-0.2, 0) is 6.42 Å². The Labute approximate surface area is 158 Å². The van der Waals surface area contributed by atoms with Gasteiger partial charge in [0.15, 0.2) is 0 Å². The second-order valence-corrected chi connectivity index (χ2v) is 5.89. The van der Waals surface area contributed by atoms with Crippen LogP contribution in [0.4, 0.5) is 19.2 Å². The molecule has 1 heterocycles. The zero-order valence-corrected chi connectivity index (χ0v) is 14.8. The Bertz CT molecular complexity index is 936. The Morgan fingerprint density at radius 2 is 1.75 bits per heavy atom. The number of nitrogens with zero attached hydrogens (tertiary/aromatic N) is 2. The third-order valence-electron chi connectivity index (χ3n) is 3.74. The Morgan fingerprint density at radius 3 is 2.36 bits per heavy atom. The van der Waals surface area contributed by atoms with Crippen molar-refractivity contribution in [2.24, 2.45) is 0 Å². The normalized spacial score (nSPS) is 11.3. The number of benzene rings is 2. The number of aromatic nitrogens is 2. The van der Waals surface area contributed by atoms with E-state index >= 15 is 0 Å². The van der Waals surface area contributed by atoms with E-state index in [-0.39, 0.29) is 17.5 Å². The standard InChI is InChI=1S/C19H16F3N3O3/c1-2-3-12-4-6-14(7-5-12)17-24-25-18(27-17)23-16(26)13-8-10-15(11-9-13)28-19(20,21)22/h4-11H,2-3H2,1H3,(H,23,25,26). The van der Waals surface area contributed by atoms with Gasteiger partial charge in [-0.05, 0) is 48.4 Å². The number of carbonyl (C=O) groups excluding carboxylic acids is 1. The van der Waals surface area contributed by atoms with E-state index in [2.05, 4.69) is 27.2 Å². The maximum atomic E-state index is 12.2. The molecule has 0 aliphatic carbocycles. The van der Waals surface area contributed by atoms with Gasteiger partial charge < -0.3 is 9.15 Å². The number of nitrogens with one attached hydrogen (secondary N) is 1. The molecule has 1 amide bonds. The Balaban J connectivity index is 1.65. The third-order valence-corrected chi connectivity index (χ3v) is 3.74. The first kappa shape index (κ1) is 19.4. The molecule has 0 spiro atoms. The predicted octanol–water partition coefficient (Wildman–Crippen LogP) is 4.84. The fourth-order valence-electron chi connectivity index (χ4n) is 2.47. The maximum absolute atomic E-state index is 12.2. The number of ether oxygens (including phenoxy) is 1. The van der Waals surface area contributed by atoms with Crippen LogP contribution in [-0.4, -0.2) is 22.5 Å². The van der Waals surface area contributed by atoms with Gasteiger partial charge in [0.25, 0.3) is 5.91 Å². The van der Waals surface area contributed by atoms with Crippen LogP contribution >= 0.6 is 0 Å². The van der Waals surface area contributed by atoms with E-state index in [9.17, 15) is 18.0 Å². The summed E-state index contributed by atoms with van der Waals surface area (Å²) in [6.45, 7) is 2.10. The third kappa shape index (κ3) is 5.09. The number of halogens is 3.